The first-order valence-electron chi connectivity index (χ1n) is 10.6. The van der Waals surface area contributed by atoms with E-state index < -0.39 is 36.1 Å². The molecule has 2 atom stereocenters. The average Bonchev–Trinajstić information content (AvgIpc) is 3.35. The number of benzene rings is 2. The summed E-state index contributed by atoms with van der Waals surface area (Å²) in [5, 5.41) is 22.6. The average molecular weight is 482 g/mol. The van der Waals surface area contributed by atoms with E-state index in [0.29, 0.717) is 24.2 Å². The van der Waals surface area contributed by atoms with Crippen LogP contribution in [0.1, 0.15) is 18.4 Å². The molecule has 2 amide bonds. The lowest BCUT2D eigenvalue weighted by molar-refractivity contribution is -0.274. The minimum atomic E-state index is -4.87. The number of amides is 2. The maximum atomic E-state index is 12.8. The molecule has 8 nitrogen and oxygen atoms in total. The summed E-state index contributed by atoms with van der Waals surface area (Å²) in [5.41, 5.74) is 1.01. The number of aliphatic hydroxyl groups excluding tert-OH is 2. The number of nitrogens with one attached hydrogen (secondary N) is 1. The van der Waals surface area contributed by atoms with Crippen LogP contribution in [0.4, 0.5) is 13.2 Å². The normalized spacial score (nSPS) is 15.5. The Morgan fingerprint density at radius 3 is 2.32 bits per heavy atom. The van der Waals surface area contributed by atoms with Gasteiger partial charge < -0.3 is 29.9 Å². The molecule has 0 bridgehead atoms. The SMILES string of the molecule is COc1cc(CNC(=O)[C@H](O)[C@@H](O)C(=O)N2CCCC2)ccc1-c1ccccc1OC(F)(F)F. The quantitative estimate of drug-likeness (QED) is 0.533. The lowest BCUT2D eigenvalue weighted by Crippen LogP contribution is -2.50. The lowest BCUT2D eigenvalue weighted by Gasteiger charge is -2.22. The highest BCUT2D eigenvalue weighted by Gasteiger charge is 2.34. The summed E-state index contributed by atoms with van der Waals surface area (Å²) in [4.78, 5) is 25.8. The molecule has 0 spiro atoms. The molecule has 11 heteroatoms. The summed E-state index contributed by atoms with van der Waals surface area (Å²) < 4.78 is 47.7. The smallest absolute Gasteiger partial charge is 0.496 e. The van der Waals surface area contributed by atoms with Crippen molar-refractivity contribution >= 4 is 11.8 Å². The molecule has 1 fully saturated rings. The van der Waals surface area contributed by atoms with Gasteiger partial charge in [0.2, 0.25) is 0 Å². The van der Waals surface area contributed by atoms with Crippen molar-refractivity contribution in [3.63, 3.8) is 0 Å². The van der Waals surface area contributed by atoms with Gasteiger partial charge in [-0.3, -0.25) is 9.59 Å². The second kappa shape index (κ2) is 10.7. The predicted molar refractivity (Wildman–Crippen MR) is 115 cm³/mol. The molecule has 2 aromatic carbocycles. The summed E-state index contributed by atoms with van der Waals surface area (Å²) in [6, 6.07) is 10.2. The van der Waals surface area contributed by atoms with Gasteiger partial charge in [-0.1, -0.05) is 30.3 Å². The second-order valence-electron chi connectivity index (χ2n) is 7.72. The van der Waals surface area contributed by atoms with E-state index in [1.807, 2.05) is 0 Å². The Morgan fingerprint density at radius 1 is 1.03 bits per heavy atom. The molecular weight excluding hydrogens is 457 g/mol. The maximum absolute atomic E-state index is 12.8. The Balaban J connectivity index is 1.69. The number of aliphatic hydroxyl groups is 2. The topological polar surface area (TPSA) is 108 Å². The summed E-state index contributed by atoms with van der Waals surface area (Å²) in [7, 11) is 1.35. The summed E-state index contributed by atoms with van der Waals surface area (Å²) in [6.07, 6.45) is -7.09. The zero-order valence-corrected chi connectivity index (χ0v) is 18.3. The number of halogens is 3. The molecule has 1 aliphatic heterocycles. The maximum Gasteiger partial charge on any atom is 0.573 e. The van der Waals surface area contributed by atoms with Crippen molar-refractivity contribution in [1.82, 2.24) is 10.2 Å². The van der Waals surface area contributed by atoms with Crippen molar-refractivity contribution in [2.24, 2.45) is 0 Å². The number of methoxy groups -OCH3 is 1. The molecule has 3 rings (SSSR count). The Kier molecular flexibility index (Phi) is 8.00. The van der Waals surface area contributed by atoms with Crippen LogP contribution in [-0.2, 0) is 16.1 Å². The lowest BCUT2D eigenvalue weighted by atomic mass is 10.0. The van der Waals surface area contributed by atoms with Gasteiger partial charge in [0.1, 0.15) is 11.5 Å². The number of carbonyl (C=O) groups is 2. The zero-order chi connectivity index (χ0) is 24.9. The van der Waals surface area contributed by atoms with Crippen LogP contribution < -0.4 is 14.8 Å². The molecule has 1 saturated heterocycles. The van der Waals surface area contributed by atoms with Gasteiger partial charge in [0, 0.05) is 30.8 Å². The van der Waals surface area contributed by atoms with E-state index in [1.54, 1.807) is 12.1 Å². The van der Waals surface area contributed by atoms with Crippen LogP contribution >= 0.6 is 0 Å². The van der Waals surface area contributed by atoms with E-state index in [9.17, 15) is 33.0 Å². The number of likely N-dealkylation sites (tertiary alicyclic amines) is 1. The van der Waals surface area contributed by atoms with Crippen molar-refractivity contribution in [2.75, 3.05) is 20.2 Å². The van der Waals surface area contributed by atoms with E-state index in [2.05, 4.69) is 10.1 Å². The van der Waals surface area contributed by atoms with Crippen molar-refractivity contribution in [1.29, 1.82) is 0 Å². The highest BCUT2D eigenvalue weighted by atomic mass is 19.4. The van der Waals surface area contributed by atoms with Gasteiger partial charge in [-0.15, -0.1) is 13.2 Å². The van der Waals surface area contributed by atoms with Gasteiger partial charge in [0.05, 0.1) is 7.11 Å². The van der Waals surface area contributed by atoms with E-state index in [-0.39, 0.29) is 17.9 Å². The van der Waals surface area contributed by atoms with Crippen molar-refractivity contribution < 1.29 is 42.4 Å². The Morgan fingerprint density at radius 2 is 1.68 bits per heavy atom. The van der Waals surface area contributed by atoms with Crippen LogP contribution in [-0.4, -0.2) is 65.7 Å². The van der Waals surface area contributed by atoms with Gasteiger partial charge in [0.25, 0.3) is 11.8 Å². The zero-order valence-electron chi connectivity index (χ0n) is 18.3. The fourth-order valence-corrected chi connectivity index (χ4v) is 3.67. The molecule has 1 aliphatic rings. The number of carbonyl (C=O) groups excluding carboxylic acids is 2. The fraction of sp³-hybridized carbons (Fsp3) is 0.391. The minimum Gasteiger partial charge on any atom is -0.496 e. The monoisotopic (exact) mass is 482 g/mol. The number of rotatable bonds is 8. The molecule has 0 saturated carbocycles. The number of nitrogens with zero attached hydrogens (tertiary/aromatic N) is 1. The third-order valence-corrected chi connectivity index (χ3v) is 5.37. The molecule has 0 radical (unpaired) electrons. The highest BCUT2D eigenvalue weighted by Crippen LogP contribution is 2.38. The van der Waals surface area contributed by atoms with Crippen LogP contribution in [0.5, 0.6) is 11.5 Å². The third kappa shape index (κ3) is 6.17. The van der Waals surface area contributed by atoms with Crippen LogP contribution in [0.3, 0.4) is 0 Å². The Bertz CT molecular complexity index is 1020. The first-order chi connectivity index (χ1) is 16.1. The van der Waals surface area contributed by atoms with E-state index in [0.717, 1.165) is 12.8 Å². The van der Waals surface area contributed by atoms with Crippen molar-refractivity contribution in [3.8, 4) is 22.6 Å². The first-order valence-corrected chi connectivity index (χ1v) is 10.6. The van der Waals surface area contributed by atoms with Gasteiger partial charge in [-0.25, -0.2) is 0 Å². The number of alkyl halides is 3. The van der Waals surface area contributed by atoms with Crippen LogP contribution in [0, 0.1) is 0 Å². The van der Waals surface area contributed by atoms with Crippen molar-refractivity contribution in [3.05, 3.63) is 48.0 Å². The molecule has 3 N–H and O–H groups in total. The molecule has 0 aromatic heterocycles. The molecule has 2 aromatic rings. The van der Waals surface area contributed by atoms with E-state index in [4.69, 9.17) is 4.74 Å². The van der Waals surface area contributed by atoms with Crippen molar-refractivity contribution in [2.45, 2.75) is 38.0 Å². The molecule has 184 valence electrons. The minimum absolute atomic E-state index is 0.0855. The van der Waals surface area contributed by atoms with Gasteiger partial charge >= 0.3 is 6.36 Å². The number of para-hydroxylation sites is 1. The molecule has 0 aliphatic carbocycles. The standard InChI is InChI=1S/C23H25F3N2O6/c1-33-18-12-14(8-9-16(18)15-6-2-3-7-17(15)34-23(24,25)26)13-27-21(31)19(29)20(30)22(32)28-10-4-5-11-28/h2-3,6-9,12,19-20,29-30H,4-5,10-11,13H2,1H3,(H,27,31)/t19-,20-/m1/s1. The third-order valence-electron chi connectivity index (χ3n) is 5.37. The Hall–Kier alpha value is -3.31. The van der Waals surface area contributed by atoms with Gasteiger partial charge in [0.15, 0.2) is 12.2 Å². The summed E-state index contributed by atoms with van der Waals surface area (Å²) in [5.74, 6) is -1.80. The second-order valence-corrected chi connectivity index (χ2v) is 7.72. The molecule has 0 unspecified atom stereocenters. The van der Waals surface area contributed by atoms with Crippen LogP contribution in [0.2, 0.25) is 0 Å². The molecular formula is C23H25F3N2O6. The molecule has 1 heterocycles. The summed E-state index contributed by atoms with van der Waals surface area (Å²) in [6.45, 7) is 0.846. The van der Waals surface area contributed by atoms with Gasteiger partial charge in [-0.2, -0.15) is 0 Å². The Labute approximate surface area is 193 Å². The van der Waals surface area contributed by atoms with Gasteiger partial charge in [-0.05, 0) is 30.5 Å². The van der Waals surface area contributed by atoms with Crippen LogP contribution in [0.25, 0.3) is 11.1 Å². The highest BCUT2D eigenvalue weighted by molar-refractivity contribution is 5.90. The largest absolute Gasteiger partial charge is 0.573 e. The molecule has 34 heavy (non-hydrogen) atoms. The van der Waals surface area contributed by atoms with E-state index in [1.165, 1.54) is 42.3 Å². The number of hydrogen-bond acceptors (Lipinski definition) is 6. The first kappa shape index (κ1) is 25.3. The summed E-state index contributed by atoms with van der Waals surface area (Å²) >= 11 is 0. The van der Waals surface area contributed by atoms with Crippen LogP contribution in [0.15, 0.2) is 42.5 Å². The van der Waals surface area contributed by atoms with E-state index >= 15 is 0 Å². The number of hydrogen-bond donors (Lipinski definition) is 3. The fourth-order valence-electron chi connectivity index (χ4n) is 3.67. The predicted octanol–water partition coefficient (Wildman–Crippen LogP) is 2.22. The number of ether oxygens (including phenoxy) is 2.